The van der Waals surface area contributed by atoms with E-state index in [1.54, 1.807) is 23.2 Å². The number of hydrogen-bond donors (Lipinski definition) is 3. The maximum absolute atomic E-state index is 13.0. The zero-order valence-electron chi connectivity index (χ0n) is 17.9. The Morgan fingerprint density at radius 2 is 2.00 bits per heavy atom. The molecule has 1 aromatic carbocycles. The highest BCUT2D eigenvalue weighted by Crippen LogP contribution is 2.36. The topological polar surface area (TPSA) is 160 Å². The summed E-state index contributed by atoms with van der Waals surface area (Å²) in [5, 5.41) is 19.5. The lowest BCUT2D eigenvalue weighted by Gasteiger charge is -2.17. The van der Waals surface area contributed by atoms with Crippen molar-refractivity contribution in [3.63, 3.8) is 0 Å². The van der Waals surface area contributed by atoms with Crippen LogP contribution in [0.2, 0.25) is 0 Å². The fourth-order valence-corrected chi connectivity index (χ4v) is 4.00. The average molecular weight is 522 g/mol. The zero-order chi connectivity index (χ0) is 25.9. The lowest BCUT2D eigenvalue weighted by atomic mass is 10.2. The molecule has 0 bridgehead atoms. The number of carbonyl (C=O) groups is 1. The molecule has 3 N–H and O–H groups in total. The number of rotatable bonds is 9. The summed E-state index contributed by atoms with van der Waals surface area (Å²) in [6, 6.07) is 6.42. The van der Waals surface area contributed by atoms with Crippen LogP contribution >= 0.6 is 8.18 Å². The van der Waals surface area contributed by atoms with Gasteiger partial charge in [0, 0.05) is 12.6 Å². The van der Waals surface area contributed by atoms with Crippen LogP contribution in [0.5, 0.6) is 5.75 Å². The van der Waals surface area contributed by atoms with Crippen LogP contribution in [0, 0.1) is 0 Å². The van der Waals surface area contributed by atoms with Crippen molar-refractivity contribution in [3.8, 4) is 5.75 Å². The summed E-state index contributed by atoms with van der Waals surface area (Å²) in [7, 11) is -2.95. The molecule has 2 heterocycles. The molecule has 0 spiro atoms. The Bertz CT molecular complexity index is 1190. The number of alkyl halides is 3. The molecule has 1 aromatic heterocycles. The summed E-state index contributed by atoms with van der Waals surface area (Å²) in [4.78, 5) is 42.4. The van der Waals surface area contributed by atoms with Gasteiger partial charge in [0.1, 0.15) is 29.3 Å². The number of halogens is 3. The number of para-hydroxylation sites is 1. The van der Waals surface area contributed by atoms with Gasteiger partial charge >= 0.3 is 26.0 Å². The number of nitrogens with zero attached hydrogens (tertiary/aromatic N) is 2. The smallest absolute Gasteiger partial charge is 0.480 e. The van der Waals surface area contributed by atoms with Crippen molar-refractivity contribution in [2.45, 2.75) is 44.0 Å². The number of H-pyrrole nitrogens is 1. The van der Waals surface area contributed by atoms with E-state index in [1.807, 2.05) is 0 Å². The van der Waals surface area contributed by atoms with Crippen LogP contribution in [-0.2, 0) is 24.8 Å². The highest BCUT2D eigenvalue weighted by Gasteiger charge is 2.45. The van der Waals surface area contributed by atoms with Gasteiger partial charge in [0.2, 0.25) is 0 Å². The predicted molar refractivity (Wildman–Crippen MR) is 110 cm³/mol. The van der Waals surface area contributed by atoms with Gasteiger partial charge in [-0.05, 0) is 23.6 Å². The van der Waals surface area contributed by atoms with E-state index in [9.17, 15) is 42.3 Å². The number of aliphatic hydroxyl groups excluding tert-OH is 1. The highest BCUT2D eigenvalue weighted by atomic mass is 31.1. The Kier molecular flexibility index (Phi) is 8.07. The summed E-state index contributed by atoms with van der Waals surface area (Å²) < 4.78 is 62.8. The Morgan fingerprint density at radius 1 is 1.34 bits per heavy atom. The fraction of sp³-hybridized carbons (Fsp3) is 0.421. The molecule has 5 atom stereocenters. The monoisotopic (exact) mass is 522 g/mol. The van der Waals surface area contributed by atoms with E-state index >= 15 is 0 Å². The predicted octanol–water partition coefficient (Wildman–Crippen LogP) is 1.65. The van der Waals surface area contributed by atoms with E-state index in [-0.39, 0.29) is 18.4 Å². The van der Waals surface area contributed by atoms with E-state index in [4.69, 9.17) is 14.1 Å². The van der Waals surface area contributed by atoms with Crippen molar-refractivity contribution >= 4 is 14.1 Å². The Hall–Kier alpha value is -3.10. The molecule has 1 fully saturated rings. The molecular formula is C19H20F3N3O9P+. The van der Waals surface area contributed by atoms with Gasteiger partial charge in [0.15, 0.2) is 11.8 Å². The molecule has 1 aliphatic heterocycles. The van der Waals surface area contributed by atoms with E-state index in [0.717, 1.165) is 0 Å². The van der Waals surface area contributed by atoms with Crippen molar-refractivity contribution in [2.75, 3.05) is 6.61 Å². The van der Waals surface area contributed by atoms with Crippen LogP contribution in [0.3, 0.4) is 0 Å². The van der Waals surface area contributed by atoms with Gasteiger partial charge in [-0.3, -0.25) is 19.1 Å². The van der Waals surface area contributed by atoms with Crippen molar-refractivity contribution in [2.24, 2.45) is 0 Å². The Morgan fingerprint density at radius 3 is 2.60 bits per heavy atom. The van der Waals surface area contributed by atoms with Crippen molar-refractivity contribution in [1.29, 1.82) is 0 Å². The SMILES string of the molecule is CC(C(=O)O)N(Oc1ccccc1)[P+](=O)OC[C@H]1O[C@@H](n2cc(C(F)(F)F)c(=O)[nH]c2=O)C[C@@H]1O. The second kappa shape index (κ2) is 10.7. The van der Waals surface area contributed by atoms with Crippen molar-refractivity contribution < 1.29 is 46.8 Å². The average Bonchev–Trinajstić information content (AvgIpc) is 3.15. The molecule has 16 heteroatoms. The van der Waals surface area contributed by atoms with Gasteiger partial charge in [0.25, 0.3) is 5.56 Å². The van der Waals surface area contributed by atoms with Gasteiger partial charge < -0.3 is 19.8 Å². The minimum absolute atomic E-state index is 0.169. The first-order valence-corrected chi connectivity index (χ1v) is 11.1. The zero-order valence-corrected chi connectivity index (χ0v) is 18.8. The molecule has 12 nitrogen and oxygen atoms in total. The van der Waals surface area contributed by atoms with Crippen molar-refractivity contribution in [3.05, 3.63) is 62.9 Å². The molecule has 0 amide bonds. The van der Waals surface area contributed by atoms with Crippen LogP contribution in [0.4, 0.5) is 13.2 Å². The van der Waals surface area contributed by atoms with E-state index in [1.165, 1.54) is 19.1 Å². The molecule has 3 rings (SSSR count). The third-order valence-corrected chi connectivity index (χ3v) is 6.05. The minimum atomic E-state index is -5.04. The van der Waals surface area contributed by atoms with Gasteiger partial charge in [0.05, 0.1) is 6.10 Å². The second-order valence-corrected chi connectivity index (χ2v) is 8.52. The van der Waals surface area contributed by atoms with Crippen LogP contribution in [0.1, 0.15) is 25.1 Å². The second-order valence-electron chi connectivity index (χ2n) is 7.39. The first-order chi connectivity index (χ1) is 16.4. The maximum atomic E-state index is 13.0. The number of aliphatic carboxylic acids is 1. The number of benzene rings is 1. The first-order valence-electron chi connectivity index (χ1n) is 9.99. The molecule has 35 heavy (non-hydrogen) atoms. The summed E-state index contributed by atoms with van der Waals surface area (Å²) in [5.74, 6) is -1.20. The van der Waals surface area contributed by atoms with Gasteiger partial charge in [-0.25, -0.2) is 4.79 Å². The van der Waals surface area contributed by atoms with E-state index in [0.29, 0.717) is 9.40 Å². The summed E-state index contributed by atoms with van der Waals surface area (Å²) >= 11 is 0. The maximum Gasteiger partial charge on any atom is 0.653 e. The standard InChI is InChI=1S/C19H19F3N3O9P/c1-10(17(28)29)25(34-11-5-3-2-4-6-11)35(31)32-9-14-13(26)7-15(33-14)24-8-12(19(20,21)22)16(27)23-18(24)30/h2-6,8,10,13-15,26H,7,9H2,1H3,(H-,23,27,28,29,30)/p+1/t10?,13-,14+,15+/m0/s1. The molecule has 1 aliphatic rings. The Balaban J connectivity index is 1.71. The lowest BCUT2D eigenvalue weighted by Crippen LogP contribution is -2.37. The minimum Gasteiger partial charge on any atom is -0.480 e. The first kappa shape index (κ1) is 26.5. The summed E-state index contributed by atoms with van der Waals surface area (Å²) in [6.07, 6.45) is -9.08. The molecule has 1 saturated heterocycles. The third-order valence-electron chi connectivity index (χ3n) is 4.93. The molecule has 2 aromatic rings. The van der Waals surface area contributed by atoms with Gasteiger partial charge in [-0.1, -0.05) is 18.2 Å². The lowest BCUT2D eigenvalue weighted by molar-refractivity contribution is -0.148. The normalized spacial score (nSPS) is 21.7. The fourth-order valence-electron chi connectivity index (χ4n) is 3.07. The molecule has 0 saturated carbocycles. The summed E-state index contributed by atoms with van der Waals surface area (Å²) in [5.41, 5.74) is -4.44. The molecule has 0 aliphatic carbocycles. The van der Waals surface area contributed by atoms with E-state index < -0.39 is 68.2 Å². The number of aromatic nitrogens is 2. The number of hydroxylamine groups is 1. The largest absolute Gasteiger partial charge is 0.653 e. The molecule has 2 unspecified atom stereocenters. The highest BCUT2D eigenvalue weighted by molar-refractivity contribution is 7.36. The summed E-state index contributed by atoms with van der Waals surface area (Å²) in [6.45, 7) is 0.609. The quantitative estimate of drug-likeness (QED) is 0.326. The molecule has 0 radical (unpaired) electrons. The number of nitrogens with one attached hydrogen (secondary N) is 1. The number of aromatic amines is 1. The van der Waals surface area contributed by atoms with Gasteiger partial charge in [-0.15, -0.1) is 4.52 Å². The van der Waals surface area contributed by atoms with Crippen LogP contribution in [-0.4, -0.2) is 55.4 Å². The number of carboxylic acid groups (broad SMARTS) is 1. The third kappa shape index (κ3) is 6.32. The van der Waals surface area contributed by atoms with Crippen molar-refractivity contribution in [1.82, 2.24) is 14.4 Å². The number of ether oxygens (including phenoxy) is 1. The van der Waals surface area contributed by atoms with Crippen LogP contribution < -0.4 is 16.1 Å². The molecular weight excluding hydrogens is 502 g/mol. The number of aliphatic hydroxyl groups is 1. The molecule has 190 valence electrons. The van der Waals surface area contributed by atoms with Crippen LogP contribution in [0.25, 0.3) is 0 Å². The van der Waals surface area contributed by atoms with Crippen LogP contribution in [0.15, 0.2) is 46.1 Å². The number of hydrogen-bond acceptors (Lipinski definition) is 8. The number of carboxylic acids is 1. The van der Waals surface area contributed by atoms with Gasteiger partial charge in [-0.2, -0.15) is 13.2 Å². The Labute approximate surface area is 195 Å². The van der Waals surface area contributed by atoms with E-state index in [2.05, 4.69) is 0 Å².